The molecule has 0 radical (unpaired) electrons. The number of hydrogen-bond acceptors (Lipinski definition) is 4. The molecule has 0 unspecified atom stereocenters. The van der Waals surface area contributed by atoms with Crippen LogP contribution in [-0.4, -0.2) is 0 Å². The molecule has 0 bridgehead atoms. The standard InChI is InChI=1S/C50H32N2OS/c1-4-14-34(15-5-1)51(35-16-6-2-7-17-35)37-27-26-33-30-44-40-29-28-38(32-48(40)54-47-25-13-21-41(49(44)47)43(33)31-37)52(36-18-8-3-9-19-36)45-23-12-22-42-39-20-10-11-24-46(39)53-50(42)45/h1-32H. The van der Waals surface area contributed by atoms with Gasteiger partial charge in [-0.15, -0.1) is 0 Å². The van der Waals surface area contributed by atoms with Crippen LogP contribution in [0.15, 0.2) is 208 Å². The molecule has 1 aliphatic rings. The Morgan fingerprint density at radius 3 is 1.74 bits per heavy atom. The van der Waals surface area contributed by atoms with Gasteiger partial charge in [0.25, 0.3) is 0 Å². The van der Waals surface area contributed by atoms with E-state index in [1.54, 1.807) is 0 Å². The zero-order valence-electron chi connectivity index (χ0n) is 29.2. The molecule has 54 heavy (non-hydrogen) atoms. The zero-order valence-corrected chi connectivity index (χ0v) is 30.0. The summed E-state index contributed by atoms with van der Waals surface area (Å²) in [5.74, 6) is 0. The lowest BCUT2D eigenvalue weighted by atomic mass is 9.92. The van der Waals surface area contributed by atoms with Crippen molar-refractivity contribution >= 4 is 89.4 Å². The van der Waals surface area contributed by atoms with E-state index in [1.165, 1.54) is 42.5 Å². The number of furan rings is 1. The molecule has 254 valence electrons. The normalized spacial score (nSPS) is 12.0. The van der Waals surface area contributed by atoms with Gasteiger partial charge in [0.15, 0.2) is 5.58 Å². The lowest BCUT2D eigenvalue weighted by Gasteiger charge is -2.28. The lowest BCUT2D eigenvalue weighted by molar-refractivity contribution is 0.669. The van der Waals surface area contributed by atoms with E-state index in [-0.39, 0.29) is 0 Å². The Morgan fingerprint density at radius 2 is 0.981 bits per heavy atom. The fraction of sp³-hybridized carbons (Fsp3) is 0. The van der Waals surface area contributed by atoms with E-state index < -0.39 is 0 Å². The van der Waals surface area contributed by atoms with Crippen LogP contribution in [0.25, 0.3) is 54.6 Å². The molecular weight excluding hydrogens is 677 g/mol. The Morgan fingerprint density at radius 1 is 0.370 bits per heavy atom. The molecule has 0 N–H and O–H groups in total. The van der Waals surface area contributed by atoms with Crippen LogP contribution in [0.3, 0.4) is 0 Å². The average molecular weight is 709 g/mol. The molecule has 1 aliphatic heterocycles. The van der Waals surface area contributed by atoms with Gasteiger partial charge < -0.3 is 14.2 Å². The third kappa shape index (κ3) is 4.92. The summed E-state index contributed by atoms with van der Waals surface area (Å²) >= 11 is 1.86. The molecule has 0 aliphatic carbocycles. The second kappa shape index (κ2) is 12.4. The third-order valence-electron chi connectivity index (χ3n) is 10.6. The largest absolute Gasteiger partial charge is 0.454 e. The van der Waals surface area contributed by atoms with E-state index in [9.17, 15) is 0 Å². The Labute approximate surface area is 317 Å². The highest BCUT2D eigenvalue weighted by molar-refractivity contribution is 7.99. The highest BCUT2D eigenvalue weighted by Gasteiger charge is 2.25. The summed E-state index contributed by atoms with van der Waals surface area (Å²) in [7, 11) is 0. The van der Waals surface area contributed by atoms with Gasteiger partial charge in [0.1, 0.15) is 5.58 Å². The molecule has 0 spiro atoms. The molecule has 0 amide bonds. The summed E-state index contributed by atoms with van der Waals surface area (Å²) in [4.78, 5) is 7.17. The van der Waals surface area contributed by atoms with E-state index in [1.807, 2.05) is 23.9 Å². The summed E-state index contributed by atoms with van der Waals surface area (Å²) in [5.41, 5.74) is 10.9. The van der Waals surface area contributed by atoms with Gasteiger partial charge in [0.2, 0.25) is 0 Å². The highest BCUT2D eigenvalue weighted by atomic mass is 32.2. The van der Waals surface area contributed by atoms with E-state index in [4.69, 9.17) is 4.42 Å². The maximum atomic E-state index is 6.57. The van der Waals surface area contributed by atoms with Crippen LogP contribution >= 0.6 is 11.8 Å². The van der Waals surface area contributed by atoms with Crippen LogP contribution < -0.4 is 9.80 Å². The lowest BCUT2D eigenvalue weighted by Crippen LogP contribution is -2.10. The van der Waals surface area contributed by atoms with Gasteiger partial charge in [-0.1, -0.05) is 121 Å². The van der Waals surface area contributed by atoms with Crippen LogP contribution in [0.2, 0.25) is 0 Å². The van der Waals surface area contributed by atoms with Gasteiger partial charge in [0, 0.05) is 54.4 Å². The maximum absolute atomic E-state index is 6.57. The van der Waals surface area contributed by atoms with E-state index >= 15 is 0 Å². The number of rotatable bonds is 6. The first kappa shape index (κ1) is 30.8. The molecule has 0 fully saturated rings. The molecule has 0 atom stereocenters. The van der Waals surface area contributed by atoms with E-state index in [2.05, 4.69) is 192 Å². The molecule has 9 aromatic carbocycles. The van der Waals surface area contributed by atoms with Gasteiger partial charge >= 0.3 is 0 Å². The SMILES string of the molecule is c1ccc(N(c2ccccc2)c2ccc3cc4c5c(cccc5c3c2)Sc2cc(N(c3ccccc3)c3cccc5c3oc3ccccc35)ccc2-4)cc1. The molecule has 3 nitrogen and oxygen atoms in total. The number of fused-ring (bicyclic) bond motifs is 7. The summed E-state index contributed by atoms with van der Waals surface area (Å²) in [6.07, 6.45) is 0. The van der Waals surface area contributed by atoms with Crippen molar-refractivity contribution in [3.8, 4) is 11.1 Å². The molecule has 11 rings (SSSR count). The predicted molar refractivity (Wildman–Crippen MR) is 228 cm³/mol. The summed E-state index contributed by atoms with van der Waals surface area (Å²) in [5, 5.41) is 7.30. The van der Waals surface area contributed by atoms with Gasteiger partial charge in [0.05, 0.1) is 5.69 Å². The van der Waals surface area contributed by atoms with E-state index in [0.717, 1.165) is 56.1 Å². The van der Waals surface area contributed by atoms with Crippen molar-refractivity contribution in [2.75, 3.05) is 9.80 Å². The second-order valence-electron chi connectivity index (χ2n) is 13.7. The summed E-state index contributed by atoms with van der Waals surface area (Å²) in [6, 6.07) is 69.6. The fourth-order valence-corrected chi connectivity index (χ4v) is 9.36. The fourth-order valence-electron chi connectivity index (χ4n) is 8.19. The van der Waals surface area contributed by atoms with Crippen molar-refractivity contribution in [3.05, 3.63) is 194 Å². The van der Waals surface area contributed by atoms with E-state index in [0.29, 0.717) is 0 Å². The first-order valence-corrected chi connectivity index (χ1v) is 19.1. The Balaban J connectivity index is 1.07. The van der Waals surface area contributed by atoms with Crippen LogP contribution in [0.5, 0.6) is 0 Å². The minimum absolute atomic E-state index is 0.881. The topological polar surface area (TPSA) is 19.6 Å². The van der Waals surface area contributed by atoms with Crippen molar-refractivity contribution < 1.29 is 4.42 Å². The Bertz CT molecular complexity index is 2990. The number of anilines is 6. The van der Waals surface area contributed by atoms with Gasteiger partial charge in [-0.3, -0.25) is 0 Å². The van der Waals surface area contributed by atoms with Crippen molar-refractivity contribution in [1.29, 1.82) is 0 Å². The molecule has 4 heteroatoms. The molecule has 1 aromatic heterocycles. The van der Waals surface area contributed by atoms with Crippen LogP contribution in [0.4, 0.5) is 34.1 Å². The smallest absolute Gasteiger partial charge is 0.159 e. The second-order valence-corrected chi connectivity index (χ2v) is 14.8. The predicted octanol–water partition coefficient (Wildman–Crippen LogP) is 15.0. The minimum Gasteiger partial charge on any atom is -0.454 e. The average Bonchev–Trinajstić information content (AvgIpc) is 3.62. The Hall–Kier alpha value is -6.75. The number of para-hydroxylation sites is 5. The molecule has 0 saturated carbocycles. The first-order valence-electron chi connectivity index (χ1n) is 18.3. The monoisotopic (exact) mass is 708 g/mol. The van der Waals surface area contributed by atoms with Gasteiger partial charge in [-0.05, 0) is 112 Å². The van der Waals surface area contributed by atoms with Crippen molar-refractivity contribution in [1.82, 2.24) is 0 Å². The minimum atomic E-state index is 0.881. The quantitative estimate of drug-likeness (QED) is 0.160. The molecule has 10 aromatic rings. The molecule has 2 heterocycles. The number of nitrogens with zero attached hydrogens (tertiary/aromatic N) is 2. The zero-order chi connectivity index (χ0) is 35.6. The van der Waals surface area contributed by atoms with Crippen LogP contribution in [0, 0.1) is 0 Å². The highest BCUT2D eigenvalue weighted by Crippen LogP contribution is 2.52. The van der Waals surface area contributed by atoms with Gasteiger partial charge in [-0.25, -0.2) is 0 Å². The number of benzene rings is 9. The third-order valence-corrected chi connectivity index (χ3v) is 11.7. The van der Waals surface area contributed by atoms with Crippen molar-refractivity contribution in [2.45, 2.75) is 9.79 Å². The Kier molecular flexibility index (Phi) is 7.10. The first-order chi connectivity index (χ1) is 26.8. The summed E-state index contributed by atoms with van der Waals surface area (Å²) in [6.45, 7) is 0. The molecule has 0 saturated heterocycles. The number of hydrogen-bond donors (Lipinski definition) is 0. The van der Waals surface area contributed by atoms with Gasteiger partial charge in [-0.2, -0.15) is 0 Å². The maximum Gasteiger partial charge on any atom is 0.159 e. The van der Waals surface area contributed by atoms with Crippen molar-refractivity contribution in [3.63, 3.8) is 0 Å². The van der Waals surface area contributed by atoms with Crippen LogP contribution in [-0.2, 0) is 0 Å². The van der Waals surface area contributed by atoms with Crippen molar-refractivity contribution in [2.24, 2.45) is 0 Å². The van der Waals surface area contributed by atoms with Crippen LogP contribution in [0.1, 0.15) is 0 Å². The molecular formula is C50H32N2OS. The summed E-state index contributed by atoms with van der Waals surface area (Å²) < 4.78 is 6.57.